The van der Waals surface area contributed by atoms with Crippen LogP contribution >= 0.6 is 0 Å². The average Bonchev–Trinajstić information content (AvgIpc) is 3.11. The molecule has 0 bridgehead atoms. The summed E-state index contributed by atoms with van der Waals surface area (Å²) in [5.74, 6) is -0.784. The van der Waals surface area contributed by atoms with E-state index in [0.29, 0.717) is 11.3 Å². The Morgan fingerprint density at radius 2 is 1.76 bits per heavy atom. The number of anilines is 1. The minimum absolute atomic E-state index is 0.00135. The molecule has 3 N–H and O–H groups in total. The molecule has 0 aliphatic carbocycles. The molecule has 0 spiro atoms. The van der Waals surface area contributed by atoms with Crippen LogP contribution in [0.5, 0.6) is 5.75 Å². The summed E-state index contributed by atoms with van der Waals surface area (Å²) in [6.07, 6.45) is 1.17. The number of nitrogens with one attached hydrogen (secondary N) is 2. The van der Waals surface area contributed by atoms with Crippen molar-refractivity contribution in [3.63, 3.8) is 0 Å². The predicted octanol–water partition coefficient (Wildman–Crippen LogP) is 2.42. The van der Waals surface area contributed by atoms with Crippen molar-refractivity contribution in [3.05, 3.63) is 66.6 Å². The second-order valence-corrected chi connectivity index (χ2v) is 5.15. The lowest BCUT2D eigenvalue weighted by Crippen LogP contribution is -2.33. The van der Waals surface area contributed by atoms with Gasteiger partial charge < -0.3 is 20.2 Å². The lowest BCUT2D eigenvalue weighted by molar-refractivity contribution is -0.115. The van der Waals surface area contributed by atoms with E-state index in [1.807, 2.05) is 6.07 Å². The first kappa shape index (κ1) is 16.3. The highest BCUT2D eigenvalue weighted by atomic mass is 16.3. The standard InChI is InChI=1S/C18H15N3O4/c22-15-9-5-4-8-13(15)18-21-14(11-25-18)17(24)19-10-16(23)20-12-6-2-1-3-7-12/h1-9,11,22H,10H2,(H,19,24)(H,20,23). The summed E-state index contributed by atoms with van der Waals surface area (Å²) >= 11 is 0. The van der Waals surface area contributed by atoms with Crippen molar-refractivity contribution in [3.8, 4) is 17.2 Å². The molecule has 0 aliphatic heterocycles. The van der Waals surface area contributed by atoms with Gasteiger partial charge in [0.25, 0.3) is 5.91 Å². The fraction of sp³-hybridized carbons (Fsp3) is 0.0556. The second-order valence-electron chi connectivity index (χ2n) is 5.15. The van der Waals surface area contributed by atoms with Crippen molar-refractivity contribution in [1.29, 1.82) is 0 Å². The summed E-state index contributed by atoms with van der Waals surface area (Å²) in [7, 11) is 0. The van der Waals surface area contributed by atoms with Crippen LogP contribution in [0.15, 0.2) is 65.3 Å². The maximum atomic E-state index is 12.1. The summed E-state index contributed by atoms with van der Waals surface area (Å²) in [4.78, 5) is 27.9. The van der Waals surface area contributed by atoms with E-state index in [-0.39, 0.29) is 29.8 Å². The Bertz CT molecular complexity index is 890. The monoisotopic (exact) mass is 337 g/mol. The van der Waals surface area contributed by atoms with Crippen molar-refractivity contribution < 1.29 is 19.1 Å². The van der Waals surface area contributed by atoms with Gasteiger partial charge in [0.2, 0.25) is 11.8 Å². The van der Waals surface area contributed by atoms with Crippen LogP contribution in [0.25, 0.3) is 11.5 Å². The van der Waals surface area contributed by atoms with Crippen LogP contribution in [0.4, 0.5) is 5.69 Å². The van der Waals surface area contributed by atoms with E-state index >= 15 is 0 Å². The molecule has 3 rings (SSSR count). The number of carbonyl (C=O) groups is 2. The number of para-hydroxylation sites is 2. The van der Waals surface area contributed by atoms with Crippen LogP contribution in [0.2, 0.25) is 0 Å². The molecule has 0 radical (unpaired) electrons. The average molecular weight is 337 g/mol. The molecule has 0 saturated carbocycles. The Morgan fingerprint density at radius 1 is 1.04 bits per heavy atom. The number of phenolic OH excluding ortho intramolecular Hbond substituents is 1. The number of oxazole rings is 1. The van der Waals surface area contributed by atoms with E-state index in [0.717, 1.165) is 0 Å². The van der Waals surface area contributed by atoms with Crippen LogP contribution in [0.3, 0.4) is 0 Å². The van der Waals surface area contributed by atoms with Gasteiger partial charge in [-0.1, -0.05) is 30.3 Å². The molecule has 25 heavy (non-hydrogen) atoms. The van der Waals surface area contributed by atoms with Crippen molar-refractivity contribution in [1.82, 2.24) is 10.3 Å². The smallest absolute Gasteiger partial charge is 0.273 e. The summed E-state index contributed by atoms with van der Waals surface area (Å²) < 4.78 is 5.22. The number of phenols is 1. The Labute approximate surface area is 143 Å². The topological polar surface area (TPSA) is 104 Å². The van der Waals surface area contributed by atoms with Gasteiger partial charge in [-0.15, -0.1) is 0 Å². The number of carbonyl (C=O) groups excluding carboxylic acids is 2. The van der Waals surface area contributed by atoms with Crippen LogP contribution in [0.1, 0.15) is 10.5 Å². The van der Waals surface area contributed by atoms with E-state index in [1.54, 1.807) is 42.5 Å². The summed E-state index contributed by atoms with van der Waals surface area (Å²) in [5, 5.41) is 14.9. The Hall–Kier alpha value is -3.61. The largest absolute Gasteiger partial charge is 0.507 e. The number of rotatable bonds is 5. The second kappa shape index (κ2) is 7.31. The lowest BCUT2D eigenvalue weighted by atomic mass is 10.2. The van der Waals surface area contributed by atoms with Gasteiger partial charge >= 0.3 is 0 Å². The molecule has 0 atom stereocenters. The first-order valence-electron chi connectivity index (χ1n) is 7.50. The highest BCUT2D eigenvalue weighted by molar-refractivity contribution is 5.98. The molecule has 2 aromatic carbocycles. The van der Waals surface area contributed by atoms with Crippen molar-refractivity contribution >= 4 is 17.5 Å². The molecular weight excluding hydrogens is 322 g/mol. The molecular formula is C18H15N3O4. The maximum absolute atomic E-state index is 12.1. The van der Waals surface area contributed by atoms with Crippen LogP contribution in [-0.4, -0.2) is 28.4 Å². The third-order valence-corrected chi connectivity index (χ3v) is 3.34. The van der Waals surface area contributed by atoms with Gasteiger partial charge in [0.05, 0.1) is 12.1 Å². The number of nitrogens with zero attached hydrogens (tertiary/aromatic N) is 1. The first-order chi connectivity index (χ1) is 12.1. The molecule has 7 nitrogen and oxygen atoms in total. The van der Waals surface area contributed by atoms with E-state index < -0.39 is 5.91 Å². The van der Waals surface area contributed by atoms with E-state index in [2.05, 4.69) is 15.6 Å². The summed E-state index contributed by atoms with van der Waals surface area (Å²) in [5.41, 5.74) is 1.04. The minimum Gasteiger partial charge on any atom is -0.507 e. The van der Waals surface area contributed by atoms with Gasteiger partial charge in [0.1, 0.15) is 12.0 Å². The Balaban J connectivity index is 1.59. The van der Waals surface area contributed by atoms with Crippen LogP contribution < -0.4 is 10.6 Å². The zero-order chi connectivity index (χ0) is 17.6. The molecule has 0 saturated heterocycles. The molecule has 1 heterocycles. The van der Waals surface area contributed by atoms with Crippen molar-refractivity contribution in [2.45, 2.75) is 0 Å². The molecule has 2 amide bonds. The third-order valence-electron chi connectivity index (χ3n) is 3.34. The predicted molar refractivity (Wildman–Crippen MR) is 91.0 cm³/mol. The lowest BCUT2D eigenvalue weighted by Gasteiger charge is -2.05. The van der Waals surface area contributed by atoms with Crippen LogP contribution in [0, 0.1) is 0 Å². The Morgan fingerprint density at radius 3 is 2.52 bits per heavy atom. The minimum atomic E-state index is -0.548. The molecule has 3 aromatic rings. The SMILES string of the molecule is O=C(CNC(=O)c1coc(-c2ccccc2O)n1)Nc1ccccc1. The molecule has 126 valence electrons. The number of amides is 2. The fourth-order valence-corrected chi connectivity index (χ4v) is 2.13. The fourth-order valence-electron chi connectivity index (χ4n) is 2.13. The molecule has 7 heteroatoms. The van der Waals surface area contributed by atoms with Crippen LogP contribution in [-0.2, 0) is 4.79 Å². The van der Waals surface area contributed by atoms with Gasteiger partial charge in [0, 0.05) is 5.69 Å². The molecule has 0 aliphatic rings. The van der Waals surface area contributed by atoms with Crippen molar-refractivity contribution in [2.75, 3.05) is 11.9 Å². The summed E-state index contributed by atoms with van der Waals surface area (Å²) in [6, 6.07) is 15.4. The number of aromatic hydroxyl groups is 1. The zero-order valence-electron chi connectivity index (χ0n) is 13.1. The van der Waals surface area contributed by atoms with E-state index in [1.165, 1.54) is 12.3 Å². The van der Waals surface area contributed by atoms with Gasteiger partial charge in [-0.05, 0) is 24.3 Å². The molecule has 1 aromatic heterocycles. The number of hydrogen-bond acceptors (Lipinski definition) is 5. The molecule has 0 fully saturated rings. The first-order valence-corrected chi connectivity index (χ1v) is 7.50. The number of aromatic nitrogens is 1. The van der Waals surface area contributed by atoms with E-state index in [4.69, 9.17) is 4.42 Å². The third kappa shape index (κ3) is 4.03. The quantitative estimate of drug-likeness (QED) is 0.663. The van der Waals surface area contributed by atoms with Gasteiger partial charge in [-0.25, -0.2) is 4.98 Å². The number of hydrogen-bond donors (Lipinski definition) is 3. The van der Waals surface area contributed by atoms with Gasteiger partial charge in [-0.2, -0.15) is 0 Å². The number of benzene rings is 2. The van der Waals surface area contributed by atoms with Gasteiger partial charge in [0.15, 0.2) is 5.69 Å². The normalized spacial score (nSPS) is 10.2. The Kier molecular flexibility index (Phi) is 4.75. The zero-order valence-corrected chi connectivity index (χ0v) is 13.1. The maximum Gasteiger partial charge on any atom is 0.273 e. The molecule has 0 unspecified atom stereocenters. The van der Waals surface area contributed by atoms with E-state index in [9.17, 15) is 14.7 Å². The highest BCUT2D eigenvalue weighted by Gasteiger charge is 2.16. The highest BCUT2D eigenvalue weighted by Crippen LogP contribution is 2.27. The summed E-state index contributed by atoms with van der Waals surface area (Å²) in [6.45, 7) is -0.202. The van der Waals surface area contributed by atoms with Gasteiger partial charge in [-0.3, -0.25) is 9.59 Å². The van der Waals surface area contributed by atoms with Crippen molar-refractivity contribution in [2.24, 2.45) is 0 Å².